The Labute approximate surface area is 124 Å². The molecule has 1 aliphatic heterocycles. The van der Waals surface area contributed by atoms with Crippen LogP contribution in [0, 0.1) is 5.92 Å². The molecule has 0 saturated heterocycles. The predicted molar refractivity (Wildman–Crippen MR) is 82.4 cm³/mol. The molecule has 1 aromatic carbocycles. The lowest BCUT2D eigenvalue weighted by molar-refractivity contribution is -0.115. The second-order valence-electron chi connectivity index (χ2n) is 5.84. The van der Waals surface area contributed by atoms with Gasteiger partial charge in [-0.15, -0.1) is 0 Å². The lowest BCUT2D eigenvalue weighted by Gasteiger charge is -2.30. The number of rotatable bonds is 2. The number of carbonyl (C=O) groups excluding carboxylic acids is 2. The van der Waals surface area contributed by atoms with E-state index in [-0.39, 0.29) is 18.5 Å². The Morgan fingerprint density at radius 2 is 2.00 bits per heavy atom. The van der Waals surface area contributed by atoms with Crippen molar-refractivity contribution in [3.8, 4) is 0 Å². The third-order valence-electron chi connectivity index (χ3n) is 4.28. The molecule has 112 valence electrons. The summed E-state index contributed by atoms with van der Waals surface area (Å²) in [6, 6.07) is 7.21. The smallest absolute Gasteiger partial charge is 0.322 e. The summed E-state index contributed by atoms with van der Waals surface area (Å²) >= 11 is 0. The van der Waals surface area contributed by atoms with Gasteiger partial charge in [0.2, 0.25) is 5.91 Å². The van der Waals surface area contributed by atoms with Crippen molar-refractivity contribution in [2.45, 2.75) is 32.1 Å². The van der Waals surface area contributed by atoms with E-state index < -0.39 is 0 Å². The van der Waals surface area contributed by atoms with Crippen molar-refractivity contribution in [1.29, 1.82) is 0 Å². The zero-order valence-corrected chi connectivity index (χ0v) is 12.1. The minimum Gasteiger partial charge on any atom is -0.337 e. The number of nitrogens with zero attached hydrogens (tertiary/aromatic N) is 1. The number of hydrogen-bond donors (Lipinski definition) is 2. The zero-order valence-electron chi connectivity index (χ0n) is 12.1. The highest BCUT2D eigenvalue weighted by molar-refractivity contribution is 6.09. The number of nitrogens with one attached hydrogen (secondary N) is 2. The standard InChI is InChI=1S/C16H21N3O2/c20-15-11-19(14-9-5-4-8-13(14)18-15)16(21)17-10-12-6-2-1-3-7-12/h4-5,8-9,12H,1-3,6-7,10-11H2,(H,17,21)(H,18,20). The fraction of sp³-hybridized carbons (Fsp3) is 0.500. The molecule has 1 fully saturated rings. The van der Waals surface area contributed by atoms with E-state index in [2.05, 4.69) is 10.6 Å². The Morgan fingerprint density at radius 3 is 2.81 bits per heavy atom. The van der Waals surface area contributed by atoms with Gasteiger partial charge in [-0.05, 0) is 30.9 Å². The highest BCUT2D eigenvalue weighted by atomic mass is 16.2. The van der Waals surface area contributed by atoms with Gasteiger partial charge in [-0.25, -0.2) is 4.79 Å². The van der Waals surface area contributed by atoms with E-state index in [4.69, 9.17) is 0 Å². The van der Waals surface area contributed by atoms with Gasteiger partial charge in [-0.3, -0.25) is 9.69 Å². The van der Waals surface area contributed by atoms with Crippen LogP contribution in [0.4, 0.5) is 16.2 Å². The summed E-state index contributed by atoms with van der Waals surface area (Å²) in [6.45, 7) is 0.784. The van der Waals surface area contributed by atoms with Gasteiger partial charge < -0.3 is 10.6 Å². The molecule has 21 heavy (non-hydrogen) atoms. The van der Waals surface area contributed by atoms with Crippen molar-refractivity contribution >= 4 is 23.3 Å². The minimum absolute atomic E-state index is 0.0769. The second kappa shape index (κ2) is 6.16. The summed E-state index contributed by atoms with van der Waals surface area (Å²) in [5, 5.41) is 5.78. The largest absolute Gasteiger partial charge is 0.337 e. The van der Waals surface area contributed by atoms with Gasteiger partial charge in [0.1, 0.15) is 6.54 Å². The molecular formula is C16H21N3O2. The van der Waals surface area contributed by atoms with Crippen molar-refractivity contribution in [3.05, 3.63) is 24.3 Å². The fourth-order valence-corrected chi connectivity index (χ4v) is 3.13. The first-order valence-corrected chi connectivity index (χ1v) is 7.68. The first-order chi connectivity index (χ1) is 10.2. The maximum atomic E-state index is 12.4. The molecule has 3 amide bonds. The van der Waals surface area contributed by atoms with Gasteiger partial charge in [0.25, 0.3) is 0 Å². The Kier molecular flexibility index (Phi) is 4.08. The molecule has 1 heterocycles. The van der Waals surface area contributed by atoms with E-state index in [1.165, 1.54) is 37.0 Å². The second-order valence-corrected chi connectivity index (χ2v) is 5.84. The maximum Gasteiger partial charge on any atom is 0.322 e. The summed E-state index contributed by atoms with van der Waals surface area (Å²) in [4.78, 5) is 25.6. The number of para-hydroxylation sites is 2. The SMILES string of the molecule is O=C1CN(C(=O)NCC2CCCCC2)c2ccccc2N1. The third kappa shape index (κ3) is 3.17. The van der Waals surface area contributed by atoms with Crippen LogP contribution in [0.2, 0.25) is 0 Å². The minimum atomic E-state index is -0.178. The van der Waals surface area contributed by atoms with Crippen LogP contribution in [-0.2, 0) is 4.79 Å². The molecule has 0 atom stereocenters. The first kappa shape index (κ1) is 13.9. The number of carbonyl (C=O) groups is 2. The van der Waals surface area contributed by atoms with E-state index in [0.717, 1.165) is 5.69 Å². The van der Waals surface area contributed by atoms with Crippen molar-refractivity contribution in [2.75, 3.05) is 23.3 Å². The zero-order chi connectivity index (χ0) is 14.7. The van der Waals surface area contributed by atoms with Gasteiger partial charge in [-0.2, -0.15) is 0 Å². The summed E-state index contributed by atoms with van der Waals surface area (Å²) in [6.07, 6.45) is 6.21. The average molecular weight is 287 g/mol. The summed E-state index contributed by atoms with van der Waals surface area (Å²) in [7, 11) is 0. The molecule has 2 aliphatic rings. The highest BCUT2D eigenvalue weighted by Crippen LogP contribution is 2.29. The van der Waals surface area contributed by atoms with Crippen LogP contribution in [0.15, 0.2) is 24.3 Å². The van der Waals surface area contributed by atoms with Crippen LogP contribution in [0.3, 0.4) is 0 Å². The highest BCUT2D eigenvalue weighted by Gasteiger charge is 2.27. The van der Waals surface area contributed by atoms with Crippen LogP contribution in [0.5, 0.6) is 0 Å². The average Bonchev–Trinajstić information content (AvgIpc) is 2.52. The summed E-state index contributed by atoms with van der Waals surface area (Å²) < 4.78 is 0. The first-order valence-electron chi connectivity index (χ1n) is 7.68. The topological polar surface area (TPSA) is 61.4 Å². The van der Waals surface area contributed by atoms with Gasteiger partial charge in [0.15, 0.2) is 0 Å². The monoisotopic (exact) mass is 287 g/mol. The van der Waals surface area contributed by atoms with Crippen molar-refractivity contribution in [2.24, 2.45) is 5.92 Å². The van der Waals surface area contributed by atoms with Crippen molar-refractivity contribution in [3.63, 3.8) is 0 Å². The van der Waals surface area contributed by atoms with Crippen molar-refractivity contribution in [1.82, 2.24) is 5.32 Å². The molecule has 1 saturated carbocycles. The number of anilines is 2. The van der Waals surface area contributed by atoms with E-state index in [0.29, 0.717) is 18.2 Å². The number of hydrogen-bond acceptors (Lipinski definition) is 2. The molecule has 3 rings (SSSR count). The van der Waals surface area contributed by atoms with Gasteiger partial charge >= 0.3 is 6.03 Å². The Hall–Kier alpha value is -2.04. The predicted octanol–water partition coefficient (Wildman–Crippen LogP) is 2.74. The van der Waals surface area contributed by atoms with E-state index >= 15 is 0 Å². The molecule has 0 unspecified atom stereocenters. The normalized spacial score (nSPS) is 18.9. The van der Waals surface area contributed by atoms with E-state index in [9.17, 15) is 9.59 Å². The number of benzene rings is 1. The molecule has 5 nitrogen and oxygen atoms in total. The molecule has 1 aromatic rings. The third-order valence-corrected chi connectivity index (χ3v) is 4.28. The molecule has 1 aliphatic carbocycles. The van der Waals surface area contributed by atoms with Crippen LogP contribution in [0.25, 0.3) is 0 Å². The molecular weight excluding hydrogens is 266 g/mol. The van der Waals surface area contributed by atoms with Crippen LogP contribution < -0.4 is 15.5 Å². The number of fused-ring (bicyclic) bond motifs is 1. The molecule has 5 heteroatoms. The summed E-state index contributed by atoms with van der Waals surface area (Å²) in [5.41, 5.74) is 1.46. The van der Waals surface area contributed by atoms with E-state index in [1.54, 1.807) is 0 Å². The van der Waals surface area contributed by atoms with Gasteiger partial charge in [0.05, 0.1) is 11.4 Å². The van der Waals surface area contributed by atoms with Gasteiger partial charge in [-0.1, -0.05) is 31.4 Å². The molecule has 0 aromatic heterocycles. The Balaban J connectivity index is 1.65. The number of urea groups is 1. The molecule has 0 radical (unpaired) electrons. The summed E-state index contributed by atoms with van der Waals surface area (Å²) in [5.74, 6) is 0.429. The molecule has 2 N–H and O–H groups in total. The van der Waals surface area contributed by atoms with Crippen molar-refractivity contribution < 1.29 is 9.59 Å². The van der Waals surface area contributed by atoms with Crippen LogP contribution >= 0.6 is 0 Å². The fourth-order valence-electron chi connectivity index (χ4n) is 3.13. The number of amides is 3. The molecule has 0 spiro atoms. The van der Waals surface area contributed by atoms with Gasteiger partial charge in [0, 0.05) is 6.54 Å². The Morgan fingerprint density at radius 1 is 1.24 bits per heavy atom. The lowest BCUT2D eigenvalue weighted by Crippen LogP contribution is -2.48. The Bertz CT molecular complexity index is 538. The lowest BCUT2D eigenvalue weighted by atomic mass is 9.89. The maximum absolute atomic E-state index is 12.4. The van der Waals surface area contributed by atoms with Crippen LogP contribution in [-0.4, -0.2) is 25.0 Å². The molecule has 0 bridgehead atoms. The van der Waals surface area contributed by atoms with E-state index in [1.807, 2.05) is 24.3 Å². The van der Waals surface area contributed by atoms with Crippen LogP contribution in [0.1, 0.15) is 32.1 Å². The quantitative estimate of drug-likeness (QED) is 0.878.